The van der Waals surface area contributed by atoms with Crippen molar-refractivity contribution in [2.75, 3.05) is 32.7 Å². The highest BCUT2D eigenvalue weighted by Crippen LogP contribution is 2.19. The largest absolute Gasteiger partial charge is 0.336 e. The van der Waals surface area contributed by atoms with Gasteiger partial charge >= 0.3 is 0 Å². The summed E-state index contributed by atoms with van der Waals surface area (Å²) in [6, 6.07) is 16.6. The van der Waals surface area contributed by atoms with Gasteiger partial charge in [-0.05, 0) is 50.9 Å². The minimum Gasteiger partial charge on any atom is -0.336 e. The van der Waals surface area contributed by atoms with Gasteiger partial charge in [0.05, 0.1) is 16.3 Å². The van der Waals surface area contributed by atoms with E-state index in [1.165, 1.54) is 22.4 Å². The molecule has 0 spiro atoms. The third-order valence-electron chi connectivity index (χ3n) is 6.04. The maximum Gasteiger partial charge on any atom is 0.276 e. The molecule has 2 aromatic carbocycles. The summed E-state index contributed by atoms with van der Waals surface area (Å²) in [6.07, 6.45) is 3.06. The molecular formula is C24H28N6O3. The van der Waals surface area contributed by atoms with E-state index < -0.39 is 4.92 Å². The van der Waals surface area contributed by atoms with E-state index >= 15 is 0 Å². The number of nitro benzene ring substituents is 1. The van der Waals surface area contributed by atoms with Crippen LogP contribution in [0.5, 0.6) is 0 Å². The molecule has 1 saturated heterocycles. The molecule has 1 fully saturated rings. The zero-order chi connectivity index (χ0) is 23.2. The van der Waals surface area contributed by atoms with Crippen molar-refractivity contribution in [2.45, 2.75) is 26.2 Å². The van der Waals surface area contributed by atoms with E-state index in [1.807, 2.05) is 11.0 Å². The number of hydrogen-bond donors (Lipinski definition) is 0. The van der Waals surface area contributed by atoms with Gasteiger partial charge < -0.3 is 9.80 Å². The van der Waals surface area contributed by atoms with Crippen molar-refractivity contribution < 1.29 is 9.72 Å². The van der Waals surface area contributed by atoms with Crippen LogP contribution in [0, 0.1) is 17.0 Å². The number of amides is 1. The summed E-state index contributed by atoms with van der Waals surface area (Å²) in [5, 5.41) is 19.3. The maximum atomic E-state index is 13.2. The Labute approximate surface area is 192 Å². The van der Waals surface area contributed by atoms with Crippen LogP contribution in [-0.2, 0) is 6.42 Å². The summed E-state index contributed by atoms with van der Waals surface area (Å²) >= 11 is 0. The van der Waals surface area contributed by atoms with Crippen molar-refractivity contribution >= 4 is 11.6 Å². The second-order valence-corrected chi connectivity index (χ2v) is 8.29. The first-order valence-electron chi connectivity index (χ1n) is 11.3. The van der Waals surface area contributed by atoms with Crippen LogP contribution in [0.4, 0.5) is 5.69 Å². The Morgan fingerprint density at radius 1 is 1.06 bits per heavy atom. The molecule has 0 atom stereocenters. The van der Waals surface area contributed by atoms with E-state index in [1.54, 1.807) is 19.1 Å². The fraction of sp³-hybridized carbons (Fsp3) is 0.375. The van der Waals surface area contributed by atoms with E-state index in [2.05, 4.69) is 39.5 Å². The van der Waals surface area contributed by atoms with Crippen LogP contribution in [0.25, 0.3) is 5.69 Å². The monoisotopic (exact) mass is 448 g/mol. The van der Waals surface area contributed by atoms with E-state index in [-0.39, 0.29) is 11.6 Å². The number of non-ortho nitro benzene ring substituents is 1. The van der Waals surface area contributed by atoms with Crippen molar-refractivity contribution in [3.05, 3.63) is 81.7 Å². The molecule has 0 N–H and O–H groups in total. The second-order valence-electron chi connectivity index (χ2n) is 8.29. The third-order valence-corrected chi connectivity index (χ3v) is 6.04. The van der Waals surface area contributed by atoms with E-state index in [0.717, 1.165) is 38.9 Å². The topological polar surface area (TPSA) is 97.4 Å². The minimum atomic E-state index is -0.454. The first kappa shape index (κ1) is 22.6. The highest BCUT2D eigenvalue weighted by molar-refractivity contribution is 5.93. The fourth-order valence-electron chi connectivity index (χ4n) is 4.21. The van der Waals surface area contributed by atoms with Crippen LogP contribution in [0.1, 0.15) is 34.6 Å². The van der Waals surface area contributed by atoms with Crippen molar-refractivity contribution in [3.63, 3.8) is 0 Å². The standard InChI is InChI=1S/C24H28N6O3/c1-19-23(25-26-29(19)21-11-5-12-22(18-21)30(32)33)24(31)28-15-7-14-27(16-17-28)13-6-10-20-8-3-2-4-9-20/h2-5,8-9,11-12,18H,6-7,10,13-17H2,1H3. The van der Waals surface area contributed by atoms with E-state index in [9.17, 15) is 14.9 Å². The number of hydrogen-bond acceptors (Lipinski definition) is 6. The molecule has 2 heterocycles. The maximum absolute atomic E-state index is 13.2. The van der Waals surface area contributed by atoms with E-state index in [4.69, 9.17) is 0 Å². The summed E-state index contributed by atoms with van der Waals surface area (Å²) in [6.45, 7) is 5.90. The number of carbonyl (C=O) groups excluding carboxylic acids is 1. The number of rotatable bonds is 7. The Morgan fingerprint density at radius 2 is 1.88 bits per heavy atom. The predicted octanol–water partition coefficient (Wildman–Crippen LogP) is 3.26. The molecule has 0 saturated carbocycles. The van der Waals surface area contributed by atoms with Gasteiger partial charge in [-0.3, -0.25) is 14.9 Å². The molecule has 1 amide bonds. The average molecular weight is 449 g/mol. The molecule has 0 unspecified atom stereocenters. The third kappa shape index (κ3) is 5.43. The van der Waals surface area contributed by atoms with Gasteiger partial charge in [0.15, 0.2) is 5.69 Å². The summed E-state index contributed by atoms with van der Waals surface area (Å²) < 4.78 is 1.48. The molecular weight excluding hydrogens is 420 g/mol. The Balaban J connectivity index is 1.37. The molecule has 1 aliphatic rings. The van der Waals surface area contributed by atoms with Gasteiger partial charge in [-0.1, -0.05) is 41.6 Å². The molecule has 1 aromatic heterocycles. The molecule has 172 valence electrons. The van der Waals surface area contributed by atoms with Crippen molar-refractivity contribution in [3.8, 4) is 5.69 Å². The molecule has 4 rings (SSSR count). The lowest BCUT2D eigenvalue weighted by molar-refractivity contribution is -0.384. The average Bonchev–Trinajstić information content (AvgIpc) is 3.06. The van der Waals surface area contributed by atoms with Gasteiger partial charge in [0.25, 0.3) is 11.6 Å². The van der Waals surface area contributed by atoms with Crippen LogP contribution in [0.3, 0.4) is 0 Å². The van der Waals surface area contributed by atoms with Gasteiger partial charge in [0.2, 0.25) is 0 Å². The highest BCUT2D eigenvalue weighted by Gasteiger charge is 2.25. The first-order valence-corrected chi connectivity index (χ1v) is 11.3. The number of nitro groups is 1. The number of aromatic nitrogens is 3. The summed E-state index contributed by atoms with van der Waals surface area (Å²) in [5.74, 6) is -0.143. The van der Waals surface area contributed by atoms with Crippen molar-refractivity contribution in [1.29, 1.82) is 0 Å². The zero-order valence-electron chi connectivity index (χ0n) is 18.8. The lowest BCUT2D eigenvalue weighted by Gasteiger charge is -2.21. The summed E-state index contributed by atoms with van der Waals surface area (Å²) in [4.78, 5) is 28.1. The van der Waals surface area contributed by atoms with Crippen LogP contribution in [0.15, 0.2) is 54.6 Å². The lowest BCUT2D eigenvalue weighted by Crippen LogP contribution is -2.36. The molecule has 9 nitrogen and oxygen atoms in total. The molecule has 0 radical (unpaired) electrons. The normalized spacial score (nSPS) is 14.8. The quantitative estimate of drug-likeness (QED) is 0.407. The molecule has 3 aromatic rings. The van der Waals surface area contributed by atoms with Crippen LogP contribution >= 0.6 is 0 Å². The molecule has 0 aliphatic carbocycles. The SMILES string of the molecule is Cc1c(C(=O)N2CCCN(CCCc3ccccc3)CC2)nnn1-c1cccc([N+](=O)[O-])c1. The van der Waals surface area contributed by atoms with Crippen LogP contribution < -0.4 is 0 Å². The highest BCUT2D eigenvalue weighted by atomic mass is 16.6. The Morgan fingerprint density at radius 3 is 2.67 bits per heavy atom. The van der Waals surface area contributed by atoms with Crippen molar-refractivity contribution in [1.82, 2.24) is 24.8 Å². The second kappa shape index (κ2) is 10.4. The minimum absolute atomic E-state index is 0.0323. The van der Waals surface area contributed by atoms with Gasteiger partial charge in [0, 0.05) is 31.8 Å². The zero-order valence-corrected chi connectivity index (χ0v) is 18.8. The summed E-state index contributed by atoms with van der Waals surface area (Å²) in [5.41, 5.74) is 2.69. The predicted molar refractivity (Wildman–Crippen MR) is 124 cm³/mol. The van der Waals surface area contributed by atoms with E-state index in [0.29, 0.717) is 30.2 Å². The van der Waals surface area contributed by atoms with Gasteiger partial charge in [0.1, 0.15) is 0 Å². The number of benzene rings is 2. The molecule has 9 heteroatoms. The Hall–Kier alpha value is -3.59. The van der Waals surface area contributed by atoms with Crippen LogP contribution in [0.2, 0.25) is 0 Å². The Bertz CT molecular complexity index is 1110. The number of carbonyl (C=O) groups is 1. The van der Waals surface area contributed by atoms with Crippen LogP contribution in [-0.4, -0.2) is 68.3 Å². The molecule has 1 aliphatic heterocycles. The van der Waals surface area contributed by atoms with Crippen molar-refractivity contribution in [2.24, 2.45) is 0 Å². The number of nitrogens with zero attached hydrogens (tertiary/aromatic N) is 6. The summed E-state index contributed by atoms with van der Waals surface area (Å²) in [7, 11) is 0. The molecule has 33 heavy (non-hydrogen) atoms. The fourth-order valence-corrected chi connectivity index (χ4v) is 4.21. The molecule has 0 bridgehead atoms. The first-order chi connectivity index (χ1) is 16.0. The smallest absolute Gasteiger partial charge is 0.276 e. The lowest BCUT2D eigenvalue weighted by atomic mass is 10.1. The Kier molecular flexibility index (Phi) is 7.09. The number of aryl methyl sites for hydroxylation is 1. The van der Waals surface area contributed by atoms with Gasteiger partial charge in [-0.25, -0.2) is 4.68 Å². The van der Waals surface area contributed by atoms with Gasteiger partial charge in [-0.15, -0.1) is 5.10 Å². The van der Waals surface area contributed by atoms with Gasteiger partial charge in [-0.2, -0.15) is 0 Å².